The maximum absolute atomic E-state index is 12.6. The van der Waals surface area contributed by atoms with Crippen molar-refractivity contribution in [2.24, 2.45) is 0 Å². The third-order valence-corrected chi connectivity index (χ3v) is 4.27. The highest BCUT2D eigenvalue weighted by molar-refractivity contribution is 5.79. The van der Waals surface area contributed by atoms with Crippen LogP contribution in [0.2, 0.25) is 0 Å². The SMILES string of the molecule is COc1ccccc1CC(=O)N1CC[C@H](Oc2nc(C)cc(C)n2)C1. The van der Waals surface area contributed by atoms with Crippen LogP contribution in [0.4, 0.5) is 0 Å². The second kappa shape index (κ2) is 7.51. The van der Waals surface area contributed by atoms with Gasteiger partial charge in [0.05, 0.1) is 20.1 Å². The number of likely N-dealkylation sites (tertiary alicyclic amines) is 1. The molecule has 0 spiro atoms. The van der Waals surface area contributed by atoms with Gasteiger partial charge in [-0.05, 0) is 26.0 Å². The molecule has 2 heterocycles. The Morgan fingerprint density at radius 1 is 1.24 bits per heavy atom. The molecule has 25 heavy (non-hydrogen) atoms. The monoisotopic (exact) mass is 341 g/mol. The molecule has 0 radical (unpaired) electrons. The molecule has 1 aliphatic rings. The van der Waals surface area contributed by atoms with Crippen LogP contribution in [-0.4, -0.2) is 47.1 Å². The van der Waals surface area contributed by atoms with E-state index in [1.54, 1.807) is 7.11 Å². The molecule has 3 rings (SSSR count). The van der Waals surface area contributed by atoms with Gasteiger partial charge in [0.1, 0.15) is 11.9 Å². The van der Waals surface area contributed by atoms with E-state index in [4.69, 9.17) is 9.47 Å². The Labute approximate surface area is 147 Å². The van der Waals surface area contributed by atoms with Gasteiger partial charge in [-0.2, -0.15) is 0 Å². The Morgan fingerprint density at radius 3 is 2.68 bits per heavy atom. The molecular formula is C19H23N3O3. The van der Waals surface area contributed by atoms with Crippen LogP contribution in [0, 0.1) is 13.8 Å². The third kappa shape index (κ3) is 4.26. The first-order valence-electron chi connectivity index (χ1n) is 8.44. The number of hydrogen-bond donors (Lipinski definition) is 0. The molecule has 1 saturated heterocycles. The van der Waals surface area contributed by atoms with Gasteiger partial charge in [-0.1, -0.05) is 18.2 Å². The molecule has 6 heteroatoms. The lowest BCUT2D eigenvalue weighted by atomic mass is 10.1. The summed E-state index contributed by atoms with van der Waals surface area (Å²) in [5.74, 6) is 0.823. The smallest absolute Gasteiger partial charge is 0.317 e. The average Bonchev–Trinajstić information content (AvgIpc) is 3.03. The number of para-hydroxylation sites is 1. The van der Waals surface area contributed by atoms with Gasteiger partial charge in [0, 0.05) is 29.9 Å². The molecule has 1 amide bonds. The number of methoxy groups -OCH3 is 1. The number of carbonyl (C=O) groups is 1. The summed E-state index contributed by atoms with van der Waals surface area (Å²) in [4.78, 5) is 23.0. The number of aromatic nitrogens is 2. The zero-order valence-electron chi connectivity index (χ0n) is 14.9. The number of nitrogens with zero attached hydrogens (tertiary/aromatic N) is 3. The Bertz CT molecular complexity index is 743. The Morgan fingerprint density at radius 2 is 1.96 bits per heavy atom. The summed E-state index contributed by atoms with van der Waals surface area (Å²) in [6.45, 7) is 5.08. The van der Waals surface area contributed by atoms with Crippen molar-refractivity contribution in [2.75, 3.05) is 20.2 Å². The fourth-order valence-electron chi connectivity index (χ4n) is 3.07. The van der Waals surface area contributed by atoms with Gasteiger partial charge in [0.2, 0.25) is 5.91 Å². The van der Waals surface area contributed by atoms with E-state index >= 15 is 0 Å². The Kier molecular flexibility index (Phi) is 5.16. The van der Waals surface area contributed by atoms with E-state index in [-0.39, 0.29) is 12.0 Å². The van der Waals surface area contributed by atoms with Crippen LogP contribution >= 0.6 is 0 Å². The number of amides is 1. The van der Waals surface area contributed by atoms with Gasteiger partial charge < -0.3 is 14.4 Å². The van der Waals surface area contributed by atoms with Crippen LogP contribution in [0.25, 0.3) is 0 Å². The fraction of sp³-hybridized carbons (Fsp3) is 0.421. The minimum absolute atomic E-state index is 0.0668. The van der Waals surface area contributed by atoms with Gasteiger partial charge in [0.15, 0.2) is 0 Å². The van der Waals surface area contributed by atoms with E-state index < -0.39 is 0 Å². The van der Waals surface area contributed by atoms with Crippen LogP contribution in [0.3, 0.4) is 0 Å². The number of carbonyl (C=O) groups excluding carboxylic acids is 1. The molecule has 0 N–H and O–H groups in total. The topological polar surface area (TPSA) is 64.5 Å². The molecule has 0 saturated carbocycles. The molecule has 1 fully saturated rings. The largest absolute Gasteiger partial charge is 0.496 e. The zero-order chi connectivity index (χ0) is 17.8. The van der Waals surface area contributed by atoms with E-state index in [1.807, 2.05) is 49.1 Å². The Hall–Kier alpha value is -2.63. The minimum Gasteiger partial charge on any atom is -0.496 e. The first kappa shape index (κ1) is 17.2. The van der Waals surface area contributed by atoms with E-state index in [0.29, 0.717) is 25.5 Å². The predicted molar refractivity (Wildman–Crippen MR) is 93.8 cm³/mol. The van der Waals surface area contributed by atoms with Gasteiger partial charge in [-0.15, -0.1) is 0 Å². The van der Waals surface area contributed by atoms with E-state index in [1.165, 1.54) is 0 Å². The lowest BCUT2D eigenvalue weighted by molar-refractivity contribution is -0.129. The molecule has 1 atom stereocenters. The molecular weight excluding hydrogens is 318 g/mol. The zero-order valence-corrected chi connectivity index (χ0v) is 14.9. The van der Waals surface area contributed by atoms with Crippen molar-refractivity contribution in [3.05, 3.63) is 47.3 Å². The second-order valence-corrected chi connectivity index (χ2v) is 6.29. The number of ether oxygens (including phenoxy) is 2. The highest BCUT2D eigenvalue weighted by atomic mass is 16.5. The van der Waals surface area contributed by atoms with Crippen molar-refractivity contribution in [1.29, 1.82) is 0 Å². The van der Waals surface area contributed by atoms with Gasteiger partial charge >= 0.3 is 6.01 Å². The van der Waals surface area contributed by atoms with Crippen molar-refractivity contribution in [3.8, 4) is 11.8 Å². The summed E-state index contributed by atoms with van der Waals surface area (Å²) in [6.07, 6.45) is 1.05. The molecule has 1 aromatic carbocycles. The minimum atomic E-state index is -0.0668. The fourth-order valence-corrected chi connectivity index (χ4v) is 3.07. The highest BCUT2D eigenvalue weighted by Crippen LogP contribution is 2.21. The van der Waals surface area contributed by atoms with Gasteiger partial charge in [-0.3, -0.25) is 4.79 Å². The average molecular weight is 341 g/mol. The normalized spacial score (nSPS) is 16.8. The van der Waals surface area contributed by atoms with Crippen LogP contribution in [0.15, 0.2) is 30.3 Å². The summed E-state index contributed by atoms with van der Waals surface area (Å²) in [7, 11) is 1.62. The van der Waals surface area contributed by atoms with Crippen molar-refractivity contribution in [2.45, 2.75) is 32.8 Å². The molecule has 0 aliphatic carbocycles. The molecule has 132 valence electrons. The summed E-state index contributed by atoms with van der Waals surface area (Å²) in [5.41, 5.74) is 2.66. The van der Waals surface area contributed by atoms with Gasteiger partial charge in [0.25, 0.3) is 0 Å². The van der Waals surface area contributed by atoms with Crippen molar-refractivity contribution in [3.63, 3.8) is 0 Å². The van der Waals surface area contributed by atoms with Crippen LogP contribution in [0.5, 0.6) is 11.8 Å². The molecule has 1 aromatic heterocycles. The molecule has 2 aromatic rings. The maximum Gasteiger partial charge on any atom is 0.317 e. The maximum atomic E-state index is 12.6. The standard InChI is InChI=1S/C19H23N3O3/c1-13-10-14(2)21-19(20-13)25-16-8-9-22(12-16)18(23)11-15-6-4-5-7-17(15)24-3/h4-7,10,16H,8-9,11-12H2,1-3H3/t16-/m0/s1. The van der Waals surface area contributed by atoms with E-state index in [9.17, 15) is 4.79 Å². The van der Waals surface area contributed by atoms with Gasteiger partial charge in [-0.25, -0.2) is 9.97 Å². The lowest BCUT2D eigenvalue weighted by Crippen LogP contribution is -2.32. The third-order valence-electron chi connectivity index (χ3n) is 4.27. The van der Waals surface area contributed by atoms with Crippen molar-refractivity contribution < 1.29 is 14.3 Å². The summed E-state index contributed by atoms with van der Waals surface area (Å²) in [5, 5.41) is 0. The highest BCUT2D eigenvalue weighted by Gasteiger charge is 2.28. The predicted octanol–water partition coefficient (Wildman–Crippen LogP) is 2.32. The quantitative estimate of drug-likeness (QED) is 0.835. The second-order valence-electron chi connectivity index (χ2n) is 6.29. The van der Waals surface area contributed by atoms with Crippen molar-refractivity contribution in [1.82, 2.24) is 14.9 Å². The summed E-state index contributed by atoms with van der Waals surface area (Å²) in [6, 6.07) is 9.90. The van der Waals surface area contributed by atoms with Crippen LogP contribution in [-0.2, 0) is 11.2 Å². The molecule has 0 unspecified atom stereocenters. The summed E-state index contributed by atoms with van der Waals surface area (Å²) >= 11 is 0. The molecule has 0 bridgehead atoms. The Balaban J connectivity index is 1.59. The molecule has 1 aliphatic heterocycles. The van der Waals surface area contributed by atoms with E-state index in [2.05, 4.69) is 9.97 Å². The number of benzene rings is 1. The number of rotatable bonds is 5. The van der Waals surface area contributed by atoms with E-state index in [0.717, 1.165) is 29.1 Å². The number of hydrogen-bond acceptors (Lipinski definition) is 5. The molecule has 6 nitrogen and oxygen atoms in total. The number of aryl methyl sites for hydroxylation is 2. The van der Waals surface area contributed by atoms with Crippen molar-refractivity contribution >= 4 is 5.91 Å². The van der Waals surface area contributed by atoms with Crippen LogP contribution < -0.4 is 9.47 Å². The first-order valence-corrected chi connectivity index (χ1v) is 8.44. The first-order chi connectivity index (χ1) is 12.0. The van der Waals surface area contributed by atoms with Crippen LogP contribution in [0.1, 0.15) is 23.4 Å². The summed E-state index contributed by atoms with van der Waals surface area (Å²) < 4.78 is 11.2. The lowest BCUT2D eigenvalue weighted by Gasteiger charge is -2.17.